The van der Waals surface area contributed by atoms with E-state index in [1.807, 2.05) is 22.7 Å². The van der Waals surface area contributed by atoms with Gasteiger partial charge in [-0.2, -0.15) is 11.8 Å². The number of aliphatic carboxylic acids is 1. The molecule has 6 heteroatoms. The van der Waals surface area contributed by atoms with Crippen molar-refractivity contribution >= 4 is 35.0 Å². The first-order valence-corrected chi connectivity index (χ1v) is 8.83. The number of thioether (sulfide) groups is 1. The molecule has 0 aromatic carbocycles. The predicted octanol–water partition coefficient (Wildman–Crippen LogP) is 2.47. The molecule has 3 rings (SSSR count). The smallest absolute Gasteiger partial charge is 0.306 e. The number of nitrogens with zero attached hydrogens (tertiary/aromatic N) is 1. The number of piperidine rings is 1. The number of aryl methyl sites for hydroxylation is 1. The number of carboxylic acids is 1. The van der Waals surface area contributed by atoms with Crippen LogP contribution >= 0.6 is 23.1 Å². The van der Waals surface area contributed by atoms with Gasteiger partial charge in [0.25, 0.3) is 5.91 Å². The lowest BCUT2D eigenvalue weighted by atomic mass is 9.97. The molecule has 1 aromatic heterocycles. The van der Waals surface area contributed by atoms with Crippen molar-refractivity contribution in [1.82, 2.24) is 4.90 Å². The zero-order valence-electron chi connectivity index (χ0n) is 11.1. The Kier molecular flexibility index (Phi) is 4.03. The van der Waals surface area contributed by atoms with Gasteiger partial charge in [0.15, 0.2) is 0 Å². The lowest BCUT2D eigenvalue weighted by molar-refractivity contribution is -0.143. The van der Waals surface area contributed by atoms with Gasteiger partial charge in [-0.3, -0.25) is 9.59 Å². The maximum Gasteiger partial charge on any atom is 0.306 e. The topological polar surface area (TPSA) is 57.6 Å². The highest BCUT2D eigenvalue weighted by Crippen LogP contribution is 2.32. The minimum Gasteiger partial charge on any atom is -0.481 e. The second-order valence-corrected chi connectivity index (χ2v) is 7.51. The Labute approximate surface area is 126 Å². The standard InChI is InChI=1S/C14H17NO3S2/c16-13(15-4-1-9(2-5-15)14(17)18)12-7-10-8-19-6-3-11(10)20-12/h7,9H,1-6,8H2,(H,17,18). The molecule has 108 valence electrons. The van der Waals surface area contributed by atoms with Crippen molar-refractivity contribution in [3.63, 3.8) is 0 Å². The number of carbonyl (C=O) groups is 2. The third-order valence-electron chi connectivity index (χ3n) is 3.97. The Hall–Kier alpha value is -1.01. The van der Waals surface area contributed by atoms with Crippen molar-refractivity contribution in [1.29, 1.82) is 0 Å². The number of carbonyl (C=O) groups excluding carboxylic acids is 1. The van der Waals surface area contributed by atoms with E-state index >= 15 is 0 Å². The van der Waals surface area contributed by atoms with Gasteiger partial charge in [0.05, 0.1) is 10.8 Å². The third kappa shape index (κ3) is 2.72. The molecule has 0 bridgehead atoms. The number of thiophene rings is 1. The summed E-state index contributed by atoms with van der Waals surface area (Å²) in [5.41, 5.74) is 1.31. The summed E-state index contributed by atoms with van der Waals surface area (Å²) in [5.74, 6) is 1.22. The molecule has 3 heterocycles. The average Bonchev–Trinajstić information content (AvgIpc) is 2.90. The van der Waals surface area contributed by atoms with Crippen LogP contribution in [0.25, 0.3) is 0 Å². The van der Waals surface area contributed by atoms with E-state index in [0.717, 1.165) is 22.8 Å². The maximum absolute atomic E-state index is 12.5. The number of amides is 1. The summed E-state index contributed by atoms with van der Waals surface area (Å²) in [4.78, 5) is 27.4. The monoisotopic (exact) mass is 311 g/mol. The fraction of sp³-hybridized carbons (Fsp3) is 0.571. The molecule has 0 aliphatic carbocycles. The van der Waals surface area contributed by atoms with Crippen molar-refractivity contribution in [2.75, 3.05) is 18.8 Å². The van der Waals surface area contributed by atoms with Crippen LogP contribution < -0.4 is 0 Å². The summed E-state index contributed by atoms with van der Waals surface area (Å²) < 4.78 is 0. The minimum absolute atomic E-state index is 0.0817. The fourth-order valence-electron chi connectivity index (χ4n) is 2.74. The normalized spacial score (nSPS) is 19.7. The average molecular weight is 311 g/mol. The SMILES string of the molecule is O=C(O)C1CCN(C(=O)c2cc3c(s2)CCSC3)CC1. The maximum atomic E-state index is 12.5. The highest BCUT2D eigenvalue weighted by atomic mass is 32.2. The van der Waals surface area contributed by atoms with E-state index in [9.17, 15) is 9.59 Å². The summed E-state index contributed by atoms with van der Waals surface area (Å²) >= 11 is 3.54. The third-order valence-corrected chi connectivity index (χ3v) is 6.20. The Morgan fingerprint density at radius 1 is 1.30 bits per heavy atom. The van der Waals surface area contributed by atoms with E-state index in [2.05, 4.69) is 0 Å². The summed E-state index contributed by atoms with van der Waals surface area (Å²) in [6, 6.07) is 2.04. The van der Waals surface area contributed by atoms with Crippen molar-refractivity contribution in [3.05, 3.63) is 21.4 Å². The number of fused-ring (bicyclic) bond motifs is 1. The zero-order valence-corrected chi connectivity index (χ0v) is 12.8. The molecule has 1 fully saturated rings. The van der Waals surface area contributed by atoms with Crippen molar-refractivity contribution < 1.29 is 14.7 Å². The van der Waals surface area contributed by atoms with Crippen molar-refractivity contribution in [2.45, 2.75) is 25.0 Å². The number of rotatable bonds is 2. The van der Waals surface area contributed by atoms with Gasteiger partial charge in [-0.15, -0.1) is 11.3 Å². The number of hydrogen-bond donors (Lipinski definition) is 1. The van der Waals surface area contributed by atoms with Gasteiger partial charge in [-0.05, 0) is 36.6 Å². The molecule has 2 aliphatic rings. The Bertz CT molecular complexity index is 509. The van der Waals surface area contributed by atoms with Crippen LogP contribution in [0.1, 0.15) is 33.0 Å². The second-order valence-electron chi connectivity index (χ2n) is 5.27. The van der Waals surface area contributed by atoms with Gasteiger partial charge in [0.1, 0.15) is 0 Å². The Morgan fingerprint density at radius 2 is 2.05 bits per heavy atom. The van der Waals surface area contributed by atoms with Crippen molar-refractivity contribution in [2.24, 2.45) is 5.92 Å². The van der Waals surface area contributed by atoms with Gasteiger partial charge < -0.3 is 10.0 Å². The molecule has 0 radical (unpaired) electrons. The van der Waals surface area contributed by atoms with Gasteiger partial charge in [-0.1, -0.05) is 0 Å². The molecule has 0 saturated carbocycles. The van der Waals surface area contributed by atoms with Crippen LogP contribution in [-0.4, -0.2) is 40.7 Å². The molecule has 20 heavy (non-hydrogen) atoms. The molecule has 1 N–H and O–H groups in total. The molecule has 0 atom stereocenters. The Balaban J connectivity index is 1.67. The molecule has 0 spiro atoms. The molecule has 4 nitrogen and oxygen atoms in total. The predicted molar refractivity (Wildman–Crippen MR) is 80.4 cm³/mol. The van der Waals surface area contributed by atoms with E-state index in [4.69, 9.17) is 5.11 Å². The molecule has 1 amide bonds. The number of likely N-dealkylation sites (tertiary alicyclic amines) is 1. The lowest BCUT2D eigenvalue weighted by Crippen LogP contribution is -2.39. The summed E-state index contributed by atoms with van der Waals surface area (Å²) in [6.45, 7) is 1.13. The molecule has 2 aliphatic heterocycles. The van der Waals surface area contributed by atoms with Crippen LogP contribution in [-0.2, 0) is 17.0 Å². The van der Waals surface area contributed by atoms with Crippen LogP contribution in [0.3, 0.4) is 0 Å². The van der Waals surface area contributed by atoms with E-state index in [1.54, 1.807) is 11.3 Å². The zero-order chi connectivity index (χ0) is 14.1. The molecule has 1 aromatic rings. The Morgan fingerprint density at radius 3 is 2.70 bits per heavy atom. The van der Waals surface area contributed by atoms with Crippen LogP contribution in [0.15, 0.2) is 6.07 Å². The quantitative estimate of drug-likeness (QED) is 0.911. The van der Waals surface area contributed by atoms with E-state index < -0.39 is 5.97 Å². The molecular weight excluding hydrogens is 294 g/mol. The first-order valence-electron chi connectivity index (χ1n) is 6.86. The molecule has 0 unspecified atom stereocenters. The van der Waals surface area contributed by atoms with Crippen molar-refractivity contribution in [3.8, 4) is 0 Å². The first kappa shape index (κ1) is 13.9. The summed E-state index contributed by atoms with van der Waals surface area (Å²) in [6.07, 6.45) is 2.21. The fourth-order valence-corrected chi connectivity index (χ4v) is 5.08. The lowest BCUT2D eigenvalue weighted by Gasteiger charge is -2.29. The van der Waals surface area contributed by atoms with Gasteiger partial charge >= 0.3 is 5.97 Å². The summed E-state index contributed by atoms with van der Waals surface area (Å²) in [5, 5.41) is 8.99. The number of hydrogen-bond acceptors (Lipinski definition) is 4. The van der Waals surface area contributed by atoms with Crippen LogP contribution in [0, 0.1) is 5.92 Å². The molecule has 1 saturated heterocycles. The van der Waals surface area contributed by atoms with Gasteiger partial charge in [0, 0.05) is 23.7 Å². The highest BCUT2D eigenvalue weighted by molar-refractivity contribution is 7.98. The summed E-state index contributed by atoms with van der Waals surface area (Å²) in [7, 11) is 0. The first-order chi connectivity index (χ1) is 9.65. The van der Waals surface area contributed by atoms with E-state index in [1.165, 1.54) is 10.4 Å². The molecular formula is C14H17NO3S2. The van der Waals surface area contributed by atoms with E-state index in [-0.39, 0.29) is 11.8 Å². The van der Waals surface area contributed by atoms with Crippen LogP contribution in [0.5, 0.6) is 0 Å². The second kappa shape index (κ2) is 5.77. The van der Waals surface area contributed by atoms with Crippen LogP contribution in [0.2, 0.25) is 0 Å². The van der Waals surface area contributed by atoms with Crippen LogP contribution in [0.4, 0.5) is 0 Å². The highest BCUT2D eigenvalue weighted by Gasteiger charge is 2.28. The van der Waals surface area contributed by atoms with Gasteiger partial charge in [-0.25, -0.2) is 0 Å². The van der Waals surface area contributed by atoms with Gasteiger partial charge in [0.2, 0.25) is 0 Å². The minimum atomic E-state index is -0.735. The van der Waals surface area contributed by atoms with E-state index in [0.29, 0.717) is 25.9 Å². The number of carboxylic acid groups (broad SMARTS) is 1. The largest absolute Gasteiger partial charge is 0.481 e.